The summed E-state index contributed by atoms with van der Waals surface area (Å²) in [5.74, 6) is 0. The van der Waals surface area contributed by atoms with E-state index in [1.165, 1.54) is 27.8 Å². The topological polar surface area (TPSA) is 15.3 Å². The van der Waals surface area contributed by atoms with Gasteiger partial charge in [0.15, 0.2) is 0 Å². The molecule has 0 unspecified atom stereocenters. The molecule has 0 aliphatic carbocycles. The zero-order valence-electron chi connectivity index (χ0n) is 16.9. The van der Waals surface area contributed by atoms with Crippen molar-refractivity contribution < 1.29 is 0 Å². The Bertz CT molecular complexity index is 790. The molecule has 1 aromatic carbocycles. The van der Waals surface area contributed by atoms with Crippen LogP contribution < -0.4 is 5.32 Å². The Morgan fingerprint density at radius 2 is 1.96 bits per heavy atom. The minimum atomic E-state index is 0.771. The van der Waals surface area contributed by atoms with Crippen LogP contribution in [-0.4, -0.2) is 4.90 Å². The van der Waals surface area contributed by atoms with E-state index in [4.69, 9.17) is 0 Å². The molecule has 1 N–H and O–H groups in total. The third-order valence-corrected chi connectivity index (χ3v) is 4.86. The molecule has 0 bridgehead atoms. The number of nitrogens with one attached hydrogen (secondary N) is 1. The fourth-order valence-electron chi connectivity index (χ4n) is 3.15. The van der Waals surface area contributed by atoms with Gasteiger partial charge in [-0.2, -0.15) is 0 Å². The fraction of sp³-hybridized carbons (Fsp3) is 0.333. The maximum Gasteiger partial charge on any atom is 0.0667 e. The Kier molecular flexibility index (Phi) is 6.68. The van der Waals surface area contributed by atoms with Gasteiger partial charge in [0.25, 0.3) is 0 Å². The molecule has 0 aromatic heterocycles. The van der Waals surface area contributed by atoms with Gasteiger partial charge in [-0.1, -0.05) is 56.0 Å². The largest absolute Gasteiger partial charge is 0.380 e. The molecule has 138 valence electrons. The van der Waals surface area contributed by atoms with Crippen molar-refractivity contribution in [3.63, 3.8) is 0 Å². The molecular formula is C24H32N2. The lowest BCUT2D eigenvalue weighted by Gasteiger charge is -2.29. The van der Waals surface area contributed by atoms with E-state index in [2.05, 4.69) is 94.5 Å². The average Bonchev–Trinajstić information content (AvgIpc) is 2.75. The minimum absolute atomic E-state index is 0.771. The summed E-state index contributed by atoms with van der Waals surface area (Å²) in [6.45, 7) is 20.2. The van der Waals surface area contributed by atoms with Crippen molar-refractivity contribution in [2.75, 3.05) is 0 Å². The molecule has 0 spiro atoms. The Balaban J connectivity index is 2.26. The van der Waals surface area contributed by atoms with E-state index in [1.54, 1.807) is 0 Å². The van der Waals surface area contributed by atoms with Crippen LogP contribution in [0.2, 0.25) is 0 Å². The molecule has 1 aliphatic heterocycles. The standard InChI is InChI=1S/C24H32N2/c1-8-19(4)24(26-16-18(3)10-9-11-21(26)6)22(7)25-15-23-13-12-17(2)14-20(23)5/h9-10,12-14,16,25H,6-8,11,15H2,1-5H3/b24-19+. The molecular weight excluding hydrogens is 316 g/mol. The molecule has 2 rings (SSSR count). The number of aryl methyl sites for hydroxylation is 2. The number of nitrogens with zero attached hydrogens (tertiary/aromatic N) is 1. The van der Waals surface area contributed by atoms with Crippen molar-refractivity contribution in [2.24, 2.45) is 0 Å². The van der Waals surface area contributed by atoms with Crippen molar-refractivity contribution in [3.05, 3.63) is 94.6 Å². The maximum absolute atomic E-state index is 4.35. The second kappa shape index (κ2) is 8.75. The highest BCUT2D eigenvalue weighted by Gasteiger charge is 2.17. The van der Waals surface area contributed by atoms with Crippen molar-refractivity contribution >= 4 is 0 Å². The number of hydrogen-bond donors (Lipinski definition) is 1. The molecule has 0 fully saturated rings. The van der Waals surface area contributed by atoms with E-state index in [0.29, 0.717) is 0 Å². The molecule has 1 aromatic rings. The highest BCUT2D eigenvalue weighted by molar-refractivity contribution is 5.39. The van der Waals surface area contributed by atoms with Crippen LogP contribution >= 0.6 is 0 Å². The van der Waals surface area contributed by atoms with Gasteiger partial charge in [0, 0.05) is 24.9 Å². The summed E-state index contributed by atoms with van der Waals surface area (Å²) in [7, 11) is 0. The summed E-state index contributed by atoms with van der Waals surface area (Å²) in [5.41, 5.74) is 9.55. The molecule has 1 heterocycles. The second-order valence-corrected chi connectivity index (χ2v) is 7.16. The molecule has 2 nitrogen and oxygen atoms in total. The first-order valence-corrected chi connectivity index (χ1v) is 9.34. The molecule has 0 saturated heterocycles. The van der Waals surface area contributed by atoms with Gasteiger partial charge in [-0.25, -0.2) is 0 Å². The zero-order valence-corrected chi connectivity index (χ0v) is 16.9. The smallest absolute Gasteiger partial charge is 0.0667 e. The Morgan fingerprint density at radius 3 is 2.62 bits per heavy atom. The number of rotatable bonds is 6. The van der Waals surface area contributed by atoms with Crippen molar-refractivity contribution in [1.29, 1.82) is 0 Å². The summed E-state index contributed by atoms with van der Waals surface area (Å²) in [5, 5.41) is 3.54. The molecule has 1 aliphatic rings. The van der Waals surface area contributed by atoms with Crippen LogP contribution in [0.5, 0.6) is 0 Å². The number of hydrogen-bond acceptors (Lipinski definition) is 2. The van der Waals surface area contributed by atoms with E-state index in [-0.39, 0.29) is 0 Å². The van der Waals surface area contributed by atoms with Crippen LogP contribution in [0.15, 0.2) is 77.9 Å². The number of allylic oxidation sites excluding steroid dienone is 4. The van der Waals surface area contributed by atoms with Gasteiger partial charge in [-0.3, -0.25) is 0 Å². The van der Waals surface area contributed by atoms with Gasteiger partial charge in [-0.05, 0) is 56.4 Å². The first kappa shape index (κ1) is 19.8. The highest BCUT2D eigenvalue weighted by Crippen LogP contribution is 2.28. The number of benzene rings is 1. The second-order valence-electron chi connectivity index (χ2n) is 7.16. The first-order chi connectivity index (χ1) is 12.3. The minimum Gasteiger partial charge on any atom is -0.380 e. The van der Waals surface area contributed by atoms with Gasteiger partial charge < -0.3 is 10.2 Å². The fourth-order valence-corrected chi connectivity index (χ4v) is 3.15. The summed E-state index contributed by atoms with van der Waals surface area (Å²) >= 11 is 0. The average molecular weight is 349 g/mol. The van der Waals surface area contributed by atoms with Crippen molar-refractivity contribution in [3.8, 4) is 0 Å². The van der Waals surface area contributed by atoms with Crippen LogP contribution in [0.1, 0.15) is 50.3 Å². The molecule has 0 amide bonds. The predicted octanol–water partition coefficient (Wildman–Crippen LogP) is 6.27. The van der Waals surface area contributed by atoms with E-state index in [9.17, 15) is 0 Å². The van der Waals surface area contributed by atoms with Crippen LogP contribution in [-0.2, 0) is 6.54 Å². The summed E-state index contributed by atoms with van der Waals surface area (Å²) in [6.07, 6.45) is 8.29. The molecule has 0 radical (unpaired) electrons. The lowest BCUT2D eigenvalue weighted by molar-refractivity contribution is 0.547. The highest BCUT2D eigenvalue weighted by atomic mass is 15.2. The van der Waals surface area contributed by atoms with Gasteiger partial charge in [0.1, 0.15) is 0 Å². The quantitative estimate of drug-likeness (QED) is 0.609. The summed E-state index contributed by atoms with van der Waals surface area (Å²) in [4.78, 5) is 2.20. The van der Waals surface area contributed by atoms with Crippen LogP contribution in [0.4, 0.5) is 0 Å². The van der Waals surface area contributed by atoms with E-state index in [1.807, 2.05) is 0 Å². The van der Waals surface area contributed by atoms with Crippen molar-refractivity contribution in [1.82, 2.24) is 10.2 Å². The van der Waals surface area contributed by atoms with E-state index in [0.717, 1.165) is 36.5 Å². The Morgan fingerprint density at radius 1 is 1.23 bits per heavy atom. The van der Waals surface area contributed by atoms with Crippen LogP contribution in [0.25, 0.3) is 0 Å². The molecule has 2 heteroatoms. The van der Waals surface area contributed by atoms with Crippen molar-refractivity contribution in [2.45, 2.75) is 54.0 Å². The predicted molar refractivity (Wildman–Crippen MR) is 113 cm³/mol. The van der Waals surface area contributed by atoms with E-state index < -0.39 is 0 Å². The van der Waals surface area contributed by atoms with Gasteiger partial charge >= 0.3 is 0 Å². The molecule has 26 heavy (non-hydrogen) atoms. The van der Waals surface area contributed by atoms with Gasteiger partial charge in [-0.15, -0.1) is 0 Å². The SMILES string of the molecule is C=C(NCc1ccc(C)cc1C)/C(=C(/C)CC)N1C=C(C)C=CCC1=C. The molecule has 0 atom stereocenters. The lowest BCUT2D eigenvalue weighted by atomic mass is 10.0. The summed E-state index contributed by atoms with van der Waals surface area (Å²) in [6, 6.07) is 6.58. The Labute approximate surface area is 159 Å². The molecule has 0 saturated carbocycles. The van der Waals surface area contributed by atoms with Crippen LogP contribution in [0, 0.1) is 13.8 Å². The lowest BCUT2D eigenvalue weighted by Crippen LogP contribution is -2.25. The Hall–Kier alpha value is -2.48. The maximum atomic E-state index is 4.35. The normalized spacial score (nSPS) is 15.3. The van der Waals surface area contributed by atoms with Gasteiger partial charge in [0.2, 0.25) is 0 Å². The third-order valence-electron chi connectivity index (χ3n) is 4.86. The van der Waals surface area contributed by atoms with Gasteiger partial charge in [0.05, 0.1) is 11.4 Å². The van der Waals surface area contributed by atoms with E-state index >= 15 is 0 Å². The third kappa shape index (κ3) is 4.78. The monoisotopic (exact) mass is 348 g/mol. The zero-order chi connectivity index (χ0) is 19.3. The first-order valence-electron chi connectivity index (χ1n) is 9.34. The summed E-state index contributed by atoms with van der Waals surface area (Å²) < 4.78 is 0. The van der Waals surface area contributed by atoms with Crippen LogP contribution in [0.3, 0.4) is 0 Å².